The van der Waals surface area contributed by atoms with Crippen molar-refractivity contribution in [1.29, 1.82) is 5.41 Å². The number of benzene rings is 2. The predicted molar refractivity (Wildman–Crippen MR) is 277 cm³/mol. The molecule has 6 amide bonds. The van der Waals surface area contributed by atoms with Crippen LogP contribution in [-0.2, 0) is 32.0 Å². The summed E-state index contributed by atoms with van der Waals surface area (Å²) in [6.07, 6.45) is -11.8. The summed E-state index contributed by atoms with van der Waals surface area (Å²) in [4.78, 5) is 75.8. The fourth-order valence-electron chi connectivity index (χ4n) is 8.98. The number of urea groups is 1. The summed E-state index contributed by atoms with van der Waals surface area (Å²) in [5.41, 5.74) is -4.94. The Morgan fingerprint density at radius 2 is 1.32 bits per heavy atom. The molecule has 2 saturated heterocycles. The van der Waals surface area contributed by atoms with Gasteiger partial charge in [-0.1, -0.05) is 24.0 Å². The van der Waals surface area contributed by atoms with Crippen LogP contribution in [0.3, 0.4) is 0 Å². The number of pyridine rings is 1. The number of ether oxygens (including phenoxy) is 2. The van der Waals surface area contributed by atoms with Gasteiger partial charge >= 0.3 is 37.1 Å². The van der Waals surface area contributed by atoms with Crippen LogP contribution >= 0.6 is 0 Å². The lowest BCUT2D eigenvalue weighted by Gasteiger charge is -2.42. The van der Waals surface area contributed by atoms with Crippen molar-refractivity contribution in [2.24, 2.45) is 10.8 Å². The summed E-state index contributed by atoms with van der Waals surface area (Å²) < 4.78 is 154. The van der Waals surface area contributed by atoms with E-state index in [0.717, 1.165) is 27.1 Å². The monoisotopic (exact) mass is 1170 g/mol. The van der Waals surface area contributed by atoms with E-state index in [2.05, 4.69) is 36.5 Å². The van der Waals surface area contributed by atoms with Gasteiger partial charge in [0.15, 0.2) is 0 Å². The molecular weight excluding hydrogens is 1110 g/mol. The van der Waals surface area contributed by atoms with Gasteiger partial charge in [-0.3, -0.25) is 15.0 Å². The Balaban J connectivity index is 1.51. The maximum absolute atomic E-state index is 16.0. The molecule has 3 heterocycles. The number of allylic oxidation sites excluding steroid dienone is 1. The van der Waals surface area contributed by atoms with E-state index in [1.54, 1.807) is 48.0 Å². The zero-order valence-corrected chi connectivity index (χ0v) is 45.7. The molecular formula is C53H63F10N11O8. The van der Waals surface area contributed by atoms with Crippen LogP contribution < -0.4 is 31.6 Å². The van der Waals surface area contributed by atoms with Crippen molar-refractivity contribution >= 4 is 47.6 Å². The molecule has 82 heavy (non-hydrogen) atoms. The molecule has 0 radical (unpaired) electrons. The average molecular weight is 1170 g/mol. The second kappa shape index (κ2) is 26.8. The van der Waals surface area contributed by atoms with Gasteiger partial charge in [-0.15, -0.1) is 0 Å². The molecule has 2 fully saturated rings. The lowest BCUT2D eigenvalue weighted by Crippen LogP contribution is -2.63. The first kappa shape index (κ1) is 64.9. The average Bonchev–Trinajstić information content (AvgIpc) is 3.89. The van der Waals surface area contributed by atoms with Gasteiger partial charge in [-0.05, 0) is 94.5 Å². The van der Waals surface area contributed by atoms with Crippen molar-refractivity contribution in [2.75, 3.05) is 52.8 Å². The maximum Gasteiger partial charge on any atom is 0.407 e. The first-order valence-electron chi connectivity index (χ1n) is 25.1. The summed E-state index contributed by atoms with van der Waals surface area (Å²) in [5, 5.41) is 27.5. The number of aliphatic hydroxyl groups excluding tert-OH is 1. The summed E-state index contributed by atoms with van der Waals surface area (Å²) in [5.74, 6) is 0.395. The fraction of sp³-hybridized carbons (Fsp3) is 0.491. The van der Waals surface area contributed by atoms with Gasteiger partial charge in [0.1, 0.15) is 29.5 Å². The van der Waals surface area contributed by atoms with E-state index in [4.69, 9.17) is 5.41 Å². The normalized spacial score (nSPS) is 17.2. The van der Waals surface area contributed by atoms with Gasteiger partial charge in [0.25, 0.3) is 5.91 Å². The maximum atomic E-state index is 16.0. The smallest absolute Gasteiger partial charge is 0.407 e. The number of alkyl halides is 8. The molecule has 448 valence electrons. The van der Waals surface area contributed by atoms with E-state index in [9.17, 15) is 64.2 Å². The minimum atomic E-state index is -5.25. The third-order valence-corrected chi connectivity index (χ3v) is 14.1. The third-order valence-electron chi connectivity index (χ3n) is 14.1. The van der Waals surface area contributed by atoms with Crippen LogP contribution in [0.25, 0.3) is 5.57 Å². The quantitative estimate of drug-likeness (QED) is 0.0213. The second-order valence-corrected chi connectivity index (χ2v) is 20.7. The number of methoxy groups -OCH3 is 2. The third kappa shape index (κ3) is 16.0. The summed E-state index contributed by atoms with van der Waals surface area (Å²) in [7, 11) is 4.99. The molecule has 2 aliphatic rings. The number of halogens is 10. The molecule has 0 spiro atoms. The van der Waals surface area contributed by atoms with Crippen molar-refractivity contribution < 1.29 is 82.5 Å². The van der Waals surface area contributed by atoms with Crippen molar-refractivity contribution in [3.05, 3.63) is 100 Å². The van der Waals surface area contributed by atoms with Crippen molar-refractivity contribution in [3.8, 4) is 11.8 Å². The number of piperazine rings is 1. The summed E-state index contributed by atoms with van der Waals surface area (Å²) >= 11 is 0. The van der Waals surface area contributed by atoms with Crippen LogP contribution in [0.15, 0.2) is 60.9 Å². The SMILES string of the molecule is COC(=O)N[C@H](C(=O)N[C@@H](Cc1ccc(C#Cc2ccc(N3CC4CCC(C3)N4C(=O)N(C)C)nc2)cc1)[C@@H](O)CN(Cc1c(F)cc(/C(C=N)=C/NC(F)F)cc1F)NC(=O)[C@@H](NC(=O)OC)C(C)(C)C(F)(F)F)C(C)(C)C(F)(F)F. The van der Waals surface area contributed by atoms with Gasteiger partial charge in [-0.2, -0.15) is 35.1 Å². The first-order valence-corrected chi connectivity index (χ1v) is 25.1. The number of aromatic nitrogens is 1. The number of hydrogen-bond donors (Lipinski definition) is 7. The highest BCUT2D eigenvalue weighted by Gasteiger charge is 2.57. The molecule has 2 aromatic carbocycles. The van der Waals surface area contributed by atoms with E-state index in [1.807, 2.05) is 15.6 Å². The minimum Gasteiger partial charge on any atom is -0.453 e. The number of alkyl carbamates (subject to hydrolysis) is 2. The first-order chi connectivity index (χ1) is 38.2. The van der Waals surface area contributed by atoms with Gasteiger partial charge in [0.2, 0.25) is 5.91 Å². The highest BCUT2D eigenvalue weighted by atomic mass is 19.4. The van der Waals surface area contributed by atoms with Crippen LogP contribution in [-0.4, -0.2) is 164 Å². The van der Waals surface area contributed by atoms with Crippen molar-refractivity contribution in [3.63, 3.8) is 0 Å². The molecule has 0 saturated carbocycles. The Hall–Kier alpha value is -7.87. The topological polar surface area (TPSA) is 234 Å². The van der Waals surface area contributed by atoms with Crippen LogP contribution in [0.5, 0.6) is 0 Å². The number of fused-ring (bicyclic) bond motifs is 2. The zero-order chi connectivity index (χ0) is 61.2. The van der Waals surface area contributed by atoms with Crippen LogP contribution in [0, 0.1) is 39.7 Å². The highest BCUT2D eigenvalue weighted by Crippen LogP contribution is 2.42. The molecule has 29 heteroatoms. The second-order valence-electron chi connectivity index (χ2n) is 20.7. The predicted octanol–water partition coefficient (Wildman–Crippen LogP) is 6.44. The Kier molecular flexibility index (Phi) is 21.2. The Labute approximate surface area is 465 Å². The number of aliphatic hydroxyl groups is 1. The molecule has 2 aliphatic heterocycles. The molecule has 2 bridgehead atoms. The fourth-order valence-corrected chi connectivity index (χ4v) is 8.98. The number of hydrogen-bond acceptors (Lipinski definition) is 13. The standard InChI is InChI=1S/C53H63F10N11O8/c1-50(2,52(58,59)60)42(68-47(78)81-7)44(76)67-39(19-30-12-9-29(10-13-30)11-14-31-15-18-41(65-23-31)72-25-34-16-17-35(26-72)74(34)49(80)71(5)6)40(75)28-73(70-45(77)43(69-48(79)82-8)51(3,4)53(61,62)63)27-36-37(54)20-32(21-38(36)55)33(22-64)24-66-46(56)57/h9-10,12-13,15,18,20-24,34-35,39-40,42-43,46,64,66,75H,16-17,19,25-28H2,1-8H3,(H,67,76)(H,68,78)(H,69,79)(H,70,77)/b33-24+,64-22?/t34?,35?,39-,40-,42+,43+/m0/s1. The number of amides is 6. The Morgan fingerprint density at radius 3 is 1.78 bits per heavy atom. The van der Waals surface area contributed by atoms with Crippen LogP contribution in [0.4, 0.5) is 64.1 Å². The molecule has 5 rings (SSSR count). The number of hydrazine groups is 1. The van der Waals surface area contributed by atoms with E-state index in [0.29, 0.717) is 87.3 Å². The molecule has 1 aromatic heterocycles. The number of nitrogens with one attached hydrogen (secondary N) is 6. The number of carbonyl (C=O) groups is 5. The Morgan fingerprint density at radius 1 is 0.805 bits per heavy atom. The number of anilines is 1. The zero-order valence-electron chi connectivity index (χ0n) is 45.7. The highest BCUT2D eigenvalue weighted by molar-refractivity contribution is 6.08. The van der Waals surface area contributed by atoms with E-state index in [-0.39, 0.29) is 23.7 Å². The Bertz CT molecular complexity index is 2840. The van der Waals surface area contributed by atoms with Gasteiger partial charge in [0.05, 0.1) is 49.3 Å². The molecule has 0 aliphatic carbocycles. The molecule has 2 unspecified atom stereocenters. The van der Waals surface area contributed by atoms with Crippen molar-refractivity contribution in [1.82, 2.24) is 46.5 Å². The van der Waals surface area contributed by atoms with Crippen LogP contribution in [0.1, 0.15) is 68.4 Å². The molecule has 6 atom stereocenters. The van der Waals surface area contributed by atoms with E-state index >= 15 is 8.78 Å². The van der Waals surface area contributed by atoms with Crippen molar-refractivity contribution in [2.45, 2.75) is 109 Å². The molecule has 3 aromatic rings. The molecule has 7 N–H and O–H groups in total. The van der Waals surface area contributed by atoms with Gasteiger partial charge in [0, 0.05) is 81.1 Å². The van der Waals surface area contributed by atoms with Gasteiger partial charge < -0.3 is 56.0 Å². The van der Waals surface area contributed by atoms with E-state index in [1.165, 1.54) is 24.3 Å². The number of rotatable bonds is 20. The number of carbonyl (C=O) groups excluding carboxylic acids is 5. The lowest BCUT2D eigenvalue weighted by molar-refractivity contribution is -0.221. The largest absolute Gasteiger partial charge is 0.453 e. The minimum absolute atomic E-state index is 0.0315. The van der Waals surface area contributed by atoms with E-state index < -0.39 is 126 Å². The molecule has 19 nitrogen and oxygen atoms in total. The summed E-state index contributed by atoms with van der Waals surface area (Å²) in [6.45, 7) is -2.12. The van der Waals surface area contributed by atoms with Crippen LogP contribution in [0.2, 0.25) is 0 Å². The number of nitrogens with zero attached hydrogens (tertiary/aromatic N) is 5. The lowest BCUT2D eigenvalue weighted by atomic mass is 9.82. The summed E-state index contributed by atoms with van der Waals surface area (Å²) in [6, 6.07) is 3.80. The van der Waals surface area contributed by atoms with Gasteiger partial charge in [-0.25, -0.2) is 33.2 Å².